The molecular formula is C14H28N2O4. The van der Waals surface area contributed by atoms with Crippen LogP contribution in [-0.4, -0.2) is 54.2 Å². The standard InChI is InChI=1S/C14H28N2O4/c1-10(8-15-12(17)20-13(3,4)5)16-9-14(18)6-7-19-11(14)2/h10-11,16,18H,6-9H2,1-5H3,(H,15,17). The number of nitrogens with one attached hydrogen (secondary N) is 2. The Bertz CT molecular complexity index is 330. The topological polar surface area (TPSA) is 79.8 Å². The van der Waals surface area contributed by atoms with Crippen LogP contribution in [0.15, 0.2) is 0 Å². The number of ether oxygens (including phenoxy) is 2. The van der Waals surface area contributed by atoms with Gasteiger partial charge in [0.05, 0.1) is 6.10 Å². The highest BCUT2D eigenvalue weighted by atomic mass is 16.6. The van der Waals surface area contributed by atoms with Crippen molar-refractivity contribution in [1.29, 1.82) is 0 Å². The van der Waals surface area contributed by atoms with Crippen LogP contribution in [0, 0.1) is 0 Å². The highest BCUT2D eigenvalue weighted by Gasteiger charge is 2.39. The van der Waals surface area contributed by atoms with Gasteiger partial charge in [0, 0.05) is 32.2 Å². The maximum atomic E-state index is 11.5. The zero-order chi connectivity index (χ0) is 15.4. The predicted molar refractivity (Wildman–Crippen MR) is 76.7 cm³/mol. The fraction of sp³-hybridized carbons (Fsp3) is 0.929. The van der Waals surface area contributed by atoms with Gasteiger partial charge in [-0.1, -0.05) is 0 Å². The Balaban J connectivity index is 2.24. The van der Waals surface area contributed by atoms with E-state index in [0.717, 1.165) is 0 Å². The second-order valence-electron chi connectivity index (χ2n) is 6.53. The van der Waals surface area contributed by atoms with E-state index in [9.17, 15) is 9.90 Å². The Morgan fingerprint density at radius 3 is 2.70 bits per heavy atom. The number of rotatable bonds is 5. The molecule has 1 fully saturated rings. The second-order valence-corrected chi connectivity index (χ2v) is 6.53. The molecule has 0 saturated carbocycles. The molecule has 0 aliphatic carbocycles. The van der Waals surface area contributed by atoms with Crippen LogP contribution in [0.5, 0.6) is 0 Å². The van der Waals surface area contributed by atoms with E-state index in [1.807, 2.05) is 34.6 Å². The molecule has 3 unspecified atom stereocenters. The molecule has 0 radical (unpaired) electrons. The molecule has 1 amide bonds. The number of carbonyl (C=O) groups excluding carboxylic acids is 1. The summed E-state index contributed by atoms with van der Waals surface area (Å²) in [5.41, 5.74) is -1.31. The summed E-state index contributed by atoms with van der Waals surface area (Å²) in [6.07, 6.45) is 0.0383. The van der Waals surface area contributed by atoms with Gasteiger partial charge in [0.25, 0.3) is 0 Å². The number of carbonyl (C=O) groups is 1. The molecule has 3 atom stereocenters. The zero-order valence-corrected chi connectivity index (χ0v) is 13.2. The molecule has 1 heterocycles. The minimum atomic E-state index is -0.819. The maximum absolute atomic E-state index is 11.5. The van der Waals surface area contributed by atoms with Gasteiger partial charge in [-0.3, -0.25) is 0 Å². The lowest BCUT2D eigenvalue weighted by molar-refractivity contribution is -0.0273. The third-order valence-electron chi connectivity index (χ3n) is 3.37. The van der Waals surface area contributed by atoms with Gasteiger partial charge in [0.1, 0.15) is 11.2 Å². The highest BCUT2D eigenvalue weighted by molar-refractivity contribution is 5.67. The Morgan fingerprint density at radius 2 is 2.20 bits per heavy atom. The minimum absolute atomic E-state index is 0.0411. The smallest absolute Gasteiger partial charge is 0.407 e. The minimum Gasteiger partial charge on any atom is -0.444 e. The van der Waals surface area contributed by atoms with E-state index >= 15 is 0 Å². The van der Waals surface area contributed by atoms with Crippen molar-refractivity contribution in [2.45, 2.75) is 64.4 Å². The molecule has 0 bridgehead atoms. The predicted octanol–water partition coefficient (Wildman–Crippen LogP) is 1.03. The molecule has 1 saturated heterocycles. The largest absolute Gasteiger partial charge is 0.444 e. The molecule has 6 nitrogen and oxygen atoms in total. The highest BCUT2D eigenvalue weighted by Crippen LogP contribution is 2.24. The fourth-order valence-electron chi connectivity index (χ4n) is 1.98. The van der Waals surface area contributed by atoms with E-state index < -0.39 is 17.3 Å². The first-order chi connectivity index (χ1) is 9.12. The second kappa shape index (κ2) is 6.74. The average molecular weight is 288 g/mol. The summed E-state index contributed by atoms with van der Waals surface area (Å²) < 4.78 is 10.5. The van der Waals surface area contributed by atoms with Crippen molar-refractivity contribution in [3.05, 3.63) is 0 Å². The van der Waals surface area contributed by atoms with Crippen molar-refractivity contribution in [2.75, 3.05) is 19.7 Å². The Labute approximate surface area is 121 Å². The number of aliphatic hydroxyl groups is 1. The summed E-state index contributed by atoms with van der Waals surface area (Å²) in [5.74, 6) is 0. The van der Waals surface area contributed by atoms with Gasteiger partial charge >= 0.3 is 6.09 Å². The lowest BCUT2D eigenvalue weighted by Crippen LogP contribution is -2.50. The maximum Gasteiger partial charge on any atom is 0.407 e. The first kappa shape index (κ1) is 17.2. The summed E-state index contributed by atoms with van der Waals surface area (Å²) in [5, 5.41) is 16.3. The molecule has 0 aromatic carbocycles. The van der Waals surface area contributed by atoms with E-state index in [-0.39, 0.29) is 12.1 Å². The quantitative estimate of drug-likeness (QED) is 0.704. The SMILES string of the molecule is CC(CNC(=O)OC(C)(C)C)NCC1(O)CCOC1C. The van der Waals surface area contributed by atoms with Crippen LogP contribution < -0.4 is 10.6 Å². The van der Waals surface area contributed by atoms with Crippen LogP contribution in [-0.2, 0) is 9.47 Å². The first-order valence-corrected chi connectivity index (χ1v) is 7.16. The summed E-state index contributed by atoms with van der Waals surface area (Å²) in [7, 11) is 0. The average Bonchev–Trinajstić information content (AvgIpc) is 2.63. The van der Waals surface area contributed by atoms with Crippen LogP contribution >= 0.6 is 0 Å². The van der Waals surface area contributed by atoms with Crippen molar-refractivity contribution in [1.82, 2.24) is 10.6 Å². The molecular weight excluding hydrogens is 260 g/mol. The molecule has 0 aromatic heterocycles. The normalized spacial score (nSPS) is 28.2. The molecule has 1 aliphatic rings. The van der Waals surface area contributed by atoms with E-state index in [4.69, 9.17) is 9.47 Å². The van der Waals surface area contributed by atoms with Crippen LogP contribution in [0.1, 0.15) is 41.0 Å². The molecule has 0 aromatic rings. The number of alkyl carbamates (subject to hydrolysis) is 1. The molecule has 1 rings (SSSR count). The Morgan fingerprint density at radius 1 is 1.55 bits per heavy atom. The molecule has 118 valence electrons. The molecule has 1 aliphatic heterocycles. The number of hydrogen-bond donors (Lipinski definition) is 3. The van der Waals surface area contributed by atoms with Crippen LogP contribution in [0.25, 0.3) is 0 Å². The van der Waals surface area contributed by atoms with E-state index in [0.29, 0.717) is 26.1 Å². The fourth-order valence-corrected chi connectivity index (χ4v) is 1.98. The molecule has 3 N–H and O–H groups in total. The first-order valence-electron chi connectivity index (χ1n) is 7.16. The van der Waals surface area contributed by atoms with E-state index in [1.165, 1.54) is 0 Å². The lowest BCUT2D eigenvalue weighted by atomic mass is 9.96. The lowest BCUT2D eigenvalue weighted by Gasteiger charge is -2.28. The molecule has 20 heavy (non-hydrogen) atoms. The monoisotopic (exact) mass is 288 g/mol. The summed E-state index contributed by atoms with van der Waals surface area (Å²) >= 11 is 0. The van der Waals surface area contributed by atoms with Crippen LogP contribution in [0.3, 0.4) is 0 Å². The summed E-state index contributed by atoms with van der Waals surface area (Å²) in [4.78, 5) is 11.5. The van der Waals surface area contributed by atoms with Gasteiger partial charge in [0.2, 0.25) is 0 Å². The van der Waals surface area contributed by atoms with Gasteiger partial charge in [-0.05, 0) is 34.6 Å². The summed E-state index contributed by atoms with van der Waals surface area (Å²) in [6, 6.07) is 0.0411. The van der Waals surface area contributed by atoms with E-state index in [2.05, 4.69) is 10.6 Å². The number of hydrogen-bond acceptors (Lipinski definition) is 5. The van der Waals surface area contributed by atoms with Gasteiger partial charge < -0.3 is 25.2 Å². The van der Waals surface area contributed by atoms with Gasteiger partial charge in [0.15, 0.2) is 0 Å². The molecule has 6 heteroatoms. The van der Waals surface area contributed by atoms with Gasteiger partial charge in [-0.15, -0.1) is 0 Å². The van der Waals surface area contributed by atoms with Crippen LogP contribution in [0.4, 0.5) is 4.79 Å². The number of amides is 1. The van der Waals surface area contributed by atoms with E-state index in [1.54, 1.807) is 0 Å². The van der Waals surface area contributed by atoms with Gasteiger partial charge in [-0.25, -0.2) is 4.79 Å². The Kier molecular flexibility index (Phi) is 5.79. The van der Waals surface area contributed by atoms with Crippen molar-refractivity contribution >= 4 is 6.09 Å². The van der Waals surface area contributed by atoms with Gasteiger partial charge in [-0.2, -0.15) is 0 Å². The Hall–Kier alpha value is -0.850. The van der Waals surface area contributed by atoms with Crippen molar-refractivity contribution in [3.8, 4) is 0 Å². The van der Waals surface area contributed by atoms with Crippen molar-refractivity contribution in [3.63, 3.8) is 0 Å². The van der Waals surface area contributed by atoms with Crippen molar-refractivity contribution < 1.29 is 19.4 Å². The molecule has 0 spiro atoms. The summed E-state index contributed by atoms with van der Waals surface area (Å²) in [6.45, 7) is 10.8. The zero-order valence-electron chi connectivity index (χ0n) is 13.2. The third kappa shape index (κ3) is 5.64. The van der Waals surface area contributed by atoms with Crippen molar-refractivity contribution in [2.24, 2.45) is 0 Å². The van der Waals surface area contributed by atoms with Crippen LogP contribution in [0.2, 0.25) is 0 Å². The third-order valence-corrected chi connectivity index (χ3v) is 3.37.